The molecule has 2 atom stereocenters. The van der Waals surface area contributed by atoms with Gasteiger partial charge in [-0.1, -0.05) is 11.6 Å². The molecule has 0 amide bonds. The molecule has 5 nitrogen and oxygen atoms in total. The van der Waals surface area contributed by atoms with Gasteiger partial charge in [0.1, 0.15) is 5.02 Å². The number of ether oxygens (including phenoxy) is 2. The SMILES string of the molecule is COc1ncc(Cl)c(NC(C)C2CCOC2)n1. The Balaban J connectivity index is 2.06. The van der Waals surface area contributed by atoms with Crippen molar-refractivity contribution >= 4 is 17.4 Å². The zero-order valence-corrected chi connectivity index (χ0v) is 10.7. The average molecular weight is 258 g/mol. The van der Waals surface area contributed by atoms with E-state index >= 15 is 0 Å². The van der Waals surface area contributed by atoms with E-state index in [1.165, 1.54) is 13.3 Å². The predicted molar refractivity (Wildman–Crippen MR) is 65.6 cm³/mol. The summed E-state index contributed by atoms with van der Waals surface area (Å²) in [4.78, 5) is 8.12. The first-order valence-electron chi connectivity index (χ1n) is 5.61. The van der Waals surface area contributed by atoms with Crippen molar-refractivity contribution in [2.45, 2.75) is 19.4 Å². The van der Waals surface area contributed by atoms with Crippen LogP contribution in [0.25, 0.3) is 0 Å². The third kappa shape index (κ3) is 2.98. The molecule has 1 saturated heterocycles. The fraction of sp³-hybridized carbons (Fsp3) is 0.636. The number of hydrogen-bond acceptors (Lipinski definition) is 5. The standard InChI is InChI=1S/C11H16ClN3O2/c1-7(8-3-4-17-6-8)14-10-9(12)5-13-11(15-10)16-2/h5,7-8H,3-4,6H2,1-2H3,(H,13,14,15). The minimum Gasteiger partial charge on any atom is -0.467 e. The highest BCUT2D eigenvalue weighted by molar-refractivity contribution is 6.32. The van der Waals surface area contributed by atoms with E-state index in [-0.39, 0.29) is 6.04 Å². The van der Waals surface area contributed by atoms with E-state index in [1.54, 1.807) is 0 Å². The highest BCUT2D eigenvalue weighted by Crippen LogP contribution is 2.24. The number of anilines is 1. The highest BCUT2D eigenvalue weighted by atomic mass is 35.5. The molecule has 0 bridgehead atoms. The largest absolute Gasteiger partial charge is 0.467 e. The number of hydrogen-bond donors (Lipinski definition) is 1. The Morgan fingerprint density at radius 2 is 2.47 bits per heavy atom. The molecule has 0 saturated carbocycles. The van der Waals surface area contributed by atoms with Crippen molar-refractivity contribution in [1.82, 2.24) is 9.97 Å². The number of rotatable bonds is 4. The third-order valence-electron chi connectivity index (χ3n) is 2.94. The lowest BCUT2D eigenvalue weighted by atomic mass is 10.0. The van der Waals surface area contributed by atoms with E-state index in [4.69, 9.17) is 21.1 Å². The van der Waals surface area contributed by atoms with Crippen molar-refractivity contribution in [3.8, 4) is 6.01 Å². The monoisotopic (exact) mass is 257 g/mol. The Morgan fingerprint density at radius 3 is 3.12 bits per heavy atom. The second kappa shape index (κ2) is 5.51. The van der Waals surface area contributed by atoms with Gasteiger partial charge in [-0.05, 0) is 13.3 Å². The van der Waals surface area contributed by atoms with Gasteiger partial charge in [-0.15, -0.1) is 0 Å². The van der Waals surface area contributed by atoms with Gasteiger partial charge >= 0.3 is 6.01 Å². The topological polar surface area (TPSA) is 56.3 Å². The average Bonchev–Trinajstić information content (AvgIpc) is 2.85. The zero-order chi connectivity index (χ0) is 12.3. The third-order valence-corrected chi connectivity index (χ3v) is 3.22. The number of methoxy groups -OCH3 is 1. The van der Waals surface area contributed by atoms with Gasteiger partial charge in [-0.3, -0.25) is 0 Å². The van der Waals surface area contributed by atoms with Gasteiger partial charge in [0, 0.05) is 18.6 Å². The van der Waals surface area contributed by atoms with Crippen molar-refractivity contribution in [1.29, 1.82) is 0 Å². The molecule has 17 heavy (non-hydrogen) atoms. The van der Waals surface area contributed by atoms with Gasteiger partial charge in [-0.25, -0.2) is 4.98 Å². The molecule has 2 rings (SSSR count). The van der Waals surface area contributed by atoms with Crippen molar-refractivity contribution in [3.63, 3.8) is 0 Å². The molecule has 1 aliphatic rings. The molecule has 1 fully saturated rings. The second-order valence-electron chi connectivity index (χ2n) is 4.11. The molecule has 0 spiro atoms. The summed E-state index contributed by atoms with van der Waals surface area (Å²) in [6.45, 7) is 3.72. The van der Waals surface area contributed by atoms with Gasteiger partial charge in [0.05, 0.1) is 19.9 Å². The molecule has 1 N–H and O–H groups in total. The van der Waals surface area contributed by atoms with Crippen LogP contribution in [0.3, 0.4) is 0 Å². The van der Waals surface area contributed by atoms with Crippen LogP contribution in [0, 0.1) is 5.92 Å². The zero-order valence-electron chi connectivity index (χ0n) is 9.94. The Kier molecular flexibility index (Phi) is 4.02. The summed E-state index contributed by atoms with van der Waals surface area (Å²) < 4.78 is 10.3. The van der Waals surface area contributed by atoms with Crippen LogP contribution in [0.15, 0.2) is 6.20 Å². The van der Waals surface area contributed by atoms with Crippen LogP contribution in [-0.2, 0) is 4.74 Å². The van der Waals surface area contributed by atoms with E-state index in [2.05, 4.69) is 22.2 Å². The quantitative estimate of drug-likeness (QED) is 0.894. The molecule has 6 heteroatoms. The van der Waals surface area contributed by atoms with Crippen LogP contribution in [0.5, 0.6) is 6.01 Å². The molecule has 0 aliphatic carbocycles. The lowest BCUT2D eigenvalue weighted by Gasteiger charge is -2.20. The minimum absolute atomic E-state index is 0.259. The summed E-state index contributed by atoms with van der Waals surface area (Å²) in [7, 11) is 1.53. The summed E-state index contributed by atoms with van der Waals surface area (Å²) in [5.74, 6) is 1.10. The van der Waals surface area contributed by atoms with Gasteiger partial charge in [0.25, 0.3) is 0 Å². The first-order chi connectivity index (χ1) is 8.20. The van der Waals surface area contributed by atoms with E-state index in [0.717, 1.165) is 19.6 Å². The Bertz CT molecular complexity index is 383. The molecule has 2 unspecified atom stereocenters. The highest BCUT2D eigenvalue weighted by Gasteiger charge is 2.23. The molecular weight excluding hydrogens is 242 g/mol. The van der Waals surface area contributed by atoms with Crippen molar-refractivity contribution in [2.75, 3.05) is 25.6 Å². The molecule has 0 radical (unpaired) electrons. The van der Waals surface area contributed by atoms with Crippen LogP contribution in [-0.4, -0.2) is 36.3 Å². The maximum Gasteiger partial charge on any atom is 0.318 e. The molecule has 1 aliphatic heterocycles. The van der Waals surface area contributed by atoms with Crippen LogP contribution in [0.1, 0.15) is 13.3 Å². The summed E-state index contributed by atoms with van der Waals surface area (Å²) in [5.41, 5.74) is 0. The fourth-order valence-corrected chi connectivity index (χ4v) is 1.98. The summed E-state index contributed by atoms with van der Waals surface area (Å²) >= 11 is 6.03. The maximum atomic E-state index is 6.03. The van der Waals surface area contributed by atoms with Crippen molar-refractivity contribution < 1.29 is 9.47 Å². The molecule has 1 aromatic heterocycles. The van der Waals surface area contributed by atoms with E-state index < -0.39 is 0 Å². The van der Waals surface area contributed by atoms with E-state index in [1.807, 2.05) is 0 Å². The molecule has 1 aromatic rings. The van der Waals surface area contributed by atoms with Crippen molar-refractivity contribution in [3.05, 3.63) is 11.2 Å². The van der Waals surface area contributed by atoms with Gasteiger partial charge in [0.2, 0.25) is 0 Å². The molecule has 94 valence electrons. The molecule has 2 heterocycles. The van der Waals surface area contributed by atoms with Gasteiger partial charge in [-0.2, -0.15) is 4.98 Å². The molecular formula is C11H16ClN3O2. The first-order valence-corrected chi connectivity index (χ1v) is 5.99. The van der Waals surface area contributed by atoms with Crippen molar-refractivity contribution in [2.24, 2.45) is 5.92 Å². The van der Waals surface area contributed by atoms with Gasteiger partial charge in [0.15, 0.2) is 5.82 Å². The lowest BCUT2D eigenvalue weighted by molar-refractivity contribution is 0.183. The Morgan fingerprint density at radius 1 is 1.65 bits per heavy atom. The second-order valence-corrected chi connectivity index (χ2v) is 4.52. The number of halogens is 1. The van der Waals surface area contributed by atoms with E-state index in [0.29, 0.717) is 22.8 Å². The maximum absolute atomic E-state index is 6.03. The normalized spacial score (nSPS) is 21.2. The summed E-state index contributed by atoms with van der Waals surface area (Å²) in [6.07, 6.45) is 2.60. The Hall–Kier alpha value is -1.07. The number of aromatic nitrogens is 2. The lowest BCUT2D eigenvalue weighted by Crippen LogP contribution is -2.26. The molecule has 0 aromatic carbocycles. The smallest absolute Gasteiger partial charge is 0.318 e. The van der Waals surface area contributed by atoms with Crippen LogP contribution in [0.2, 0.25) is 5.02 Å². The Labute approximate surface area is 105 Å². The predicted octanol–water partition coefficient (Wildman–Crippen LogP) is 1.98. The first kappa shape index (κ1) is 12.4. The van der Waals surface area contributed by atoms with Crippen LogP contribution < -0.4 is 10.1 Å². The minimum atomic E-state index is 0.259. The summed E-state index contributed by atoms with van der Waals surface area (Å²) in [6, 6.07) is 0.571. The number of nitrogens with zero attached hydrogens (tertiary/aromatic N) is 2. The summed E-state index contributed by atoms with van der Waals surface area (Å²) in [5, 5.41) is 3.78. The number of nitrogens with one attached hydrogen (secondary N) is 1. The van der Waals surface area contributed by atoms with Crippen LogP contribution in [0.4, 0.5) is 5.82 Å². The van der Waals surface area contributed by atoms with Gasteiger partial charge < -0.3 is 14.8 Å². The fourth-order valence-electron chi connectivity index (χ4n) is 1.83. The van der Waals surface area contributed by atoms with E-state index in [9.17, 15) is 0 Å². The van der Waals surface area contributed by atoms with Crippen LogP contribution >= 0.6 is 11.6 Å².